The molecule has 4 heteroatoms. The van der Waals surface area contributed by atoms with E-state index >= 15 is 0 Å². The monoisotopic (exact) mass is 271 g/mol. The molecule has 0 radical (unpaired) electrons. The third-order valence-electron chi connectivity index (χ3n) is 2.77. The highest BCUT2D eigenvalue weighted by Crippen LogP contribution is 2.31. The van der Waals surface area contributed by atoms with Crippen molar-refractivity contribution >= 4 is 29.3 Å². The number of carbonyl (C=O) groups excluding carboxylic acids is 1. The van der Waals surface area contributed by atoms with E-state index in [0.717, 1.165) is 5.56 Å². The van der Waals surface area contributed by atoms with E-state index in [1.54, 1.807) is 24.3 Å². The highest BCUT2D eigenvalue weighted by Gasteiger charge is 2.21. The smallest absolute Gasteiger partial charge is 0.291 e. The molecular weight excluding hydrogens is 262 g/mol. The molecule has 1 amide bonds. The molecule has 0 aliphatic carbocycles. The topological polar surface area (TPSA) is 38.3 Å². The molecule has 2 aromatic rings. The number of rotatable bonds is 1. The number of hydrogen-bond acceptors (Lipinski definition) is 2. The first-order valence-electron chi connectivity index (χ1n) is 5.78. The number of anilines is 1. The van der Waals surface area contributed by atoms with E-state index in [1.165, 1.54) is 0 Å². The molecule has 0 atom stereocenters. The number of ether oxygens (including phenoxy) is 1. The van der Waals surface area contributed by atoms with Gasteiger partial charge in [0.1, 0.15) is 0 Å². The second kappa shape index (κ2) is 4.78. The zero-order valence-electron chi connectivity index (χ0n) is 9.89. The van der Waals surface area contributed by atoms with Crippen LogP contribution in [0.5, 0.6) is 5.75 Å². The van der Waals surface area contributed by atoms with Crippen LogP contribution in [0.2, 0.25) is 5.02 Å². The Hall–Kier alpha value is -2.26. The maximum atomic E-state index is 11.9. The van der Waals surface area contributed by atoms with E-state index in [0.29, 0.717) is 16.5 Å². The fourth-order valence-corrected chi connectivity index (χ4v) is 2.03. The minimum absolute atomic E-state index is 0.229. The quantitative estimate of drug-likeness (QED) is 0.803. The third-order valence-corrected chi connectivity index (χ3v) is 3.11. The molecule has 19 heavy (non-hydrogen) atoms. The molecule has 0 aromatic heterocycles. The summed E-state index contributed by atoms with van der Waals surface area (Å²) in [4.78, 5) is 11.9. The van der Waals surface area contributed by atoms with Gasteiger partial charge in [0.05, 0.1) is 5.69 Å². The van der Waals surface area contributed by atoms with Crippen LogP contribution in [0.15, 0.2) is 54.3 Å². The molecule has 1 heterocycles. The van der Waals surface area contributed by atoms with Gasteiger partial charge in [-0.1, -0.05) is 41.9 Å². The number of benzene rings is 2. The van der Waals surface area contributed by atoms with Crippen molar-refractivity contribution in [3.05, 3.63) is 64.9 Å². The van der Waals surface area contributed by atoms with Gasteiger partial charge in [-0.3, -0.25) is 4.79 Å². The normalized spacial score (nSPS) is 15.6. The Labute approximate surface area is 115 Å². The maximum absolute atomic E-state index is 11.9. The van der Waals surface area contributed by atoms with Gasteiger partial charge in [-0.2, -0.15) is 0 Å². The first-order chi connectivity index (χ1) is 9.24. The first kappa shape index (κ1) is 11.8. The van der Waals surface area contributed by atoms with Gasteiger partial charge in [0.25, 0.3) is 5.91 Å². The van der Waals surface area contributed by atoms with Crippen molar-refractivity contribution < 1.29 is 9.53 Å². The highest BCUT2D eigenvalue weighted by atomic mass is 35.5. The summed E-state index contributed by atoms with van der Waals surface area (Å²) in [5, 5.41) is 3.35. The van der Waals surface area contributed by atoms with Crippen molar-refractivity contribution in [2.75, 3.05) is 5.32 Å². The van der Waals surface area contributed by atoms with Crippen LogP contribution in [0, 0.1) is 0 Å². The van der Waals surface area contributed by atoms with Gasteiger partial charge < -0.3 is 10.1 Å². The lowest BCUT2D eigenvalue weighted by Gasteiger charge is -2.19. The van der Waals surface area contributed by atoms with Gasteiger partial charge in [-0.15, -0.1) is 0 Å². The Kier molecular flexibility index (Phi) is 2.97. The number of fused-ring (bicyclic) bond motifs is 1. The molecule has 0 unspecified atom stereocenters. The number of halogens is 1. The van der Waals surface area contributed by atoms with Crippen molar-refractivity contribution in [3.63, 3.8) is 0 Å². The fraction of sp³-hybridized carbons (Fsp3) is 0. The van der Waals surface area contributed by atoms with E-state index < -0.39 is 0 Å². The molecular formula is C15H10ClNO2. The van der Waals surface area contributed by atoms with Crippen molar-refractivity contribution in [2.24, 2.45) is 0 Å². The lowest BCUT2D eigenvalue weighted by atomic mass is 10.2. The zero-order chi connectivity index (χ0) is 13.2. The maximum Gasteiger partial charge on any atom is 0.291 e. The Balaban J connectivity index is 1.99. The summed E-state index contributed by atoms with van der Waals surface area (Å²) in [7, 11) is 0. The molecule has 0 spiro atoms. The molecule has 94 valence electrons. The van der Waals surface area contributed by atoms with Crippen molar-refractivity contribution in [3.8, 4) is 5.75 Å². The van der Waals surface area contributed by atoms with E-state index in [2.05, 4.69) is 5.32 Å². The van der Waals surface area contributed by atoms with Gasteiger partial charge in [0, 0.05) is 5.02 Å². The van der Waals surface area contributed by atoms with E-state index in [9.17, 15) is 4.79 Å². The average Bonchev–Trinajstić information content (AvgIpc) is 2.42. The third kappa shape index (κ3) is 2.33. The SMILES string of the molecule is O=C1Nc2ccccc2OC1=Cc1ccccc1Cl. The average molecular weight is 272 g/mol. The predicted octanol–water partition coefficient (Wildman–Crippen LogP) is 3.71. The largest absolute Gasteiger partial charge is 0.449 e. The fourth-order valence-electron chi connectivity index (χ4n) is 1.84. The summed E-state index contributed by atoms with van der Waals surface area (Å²) in [5.74, 6) is 0.575. The minimum Gasteiger partial charge on any atom is -0.449 e. The van der Waals surface area contributed by atoms with Crippen molar-refractivity contribution in [2.45, 2.75) is 0 Å². The molecule has 2 aromatic carbocycles. The number of carbonyl (C=O) groups is 1. The summed E-state index contributed by atoms with van der Waals surface area (Å²) >= 11 is 6.06. The summed E-state index contributed by atoms with van der Waals surface area (Å²) < 4.78 is 5.59. The Morgan fingerprint density at radius 1 is 1.05 bits per heavy atom. The predicted molar refractivity (Wildman–Crippen MR) is 75.1 cm³/mol. The minimum atomic E-state index is -0.279. The first-order valence-corrected chi connectivity index (χ1v) is 6.16. The van der Waals surface area contributed by atoms with Gasteiger partial charge in [0.15, 0.2) is 11.5 Å². The van der Waals surface area contributed by atoms with Crippen molar-refractivity contribution in [1.82, 2.24) is 0 Å². The number of amides is 1. The Morgan fingerprint density at radius 3 is 2.63 bits per heavy atom. The van der Waals surface area contributed by atoms with Crippen molar-refractivity contribution in [1.29, 1.82) is 0 Å². The molecule has 3 rings (SSSR count). The highest BCUT2D eigenvalue weighted by molar-refractivity contribution is 6.32. The second-order valence-corrected chi connectivity index (χ2v) is 4.49. The standard InChI is InChI=1S/C15H10ClNO2/c16-11-6-2-1-5-10(11)9-14-15(18)17-12-7-3-4-8-13(12)19-14/h1-9H,(H,17,18). The Bertz CT molecular complexity index is 679. The molecule has 0 fully saturated rings. The number of nitrogens with one attached hydrogen (secondary N) is 1. The lowest BCUT2D eigenvalue weighted by molar-refractivity contribution is -0.115. The van der Waals surface area contributed by atoms with Gasteiger partial charge in [-0.05, 0) is 29.8 Å². The summed E-state index contributed by atoms with van der Waals surface area (Å²) in [6, 6.07) is 14.6. The molecule has 0 saturated carbocycles. The Morgan fingerprint density at radius 2 is 1.79 bits per heavy atom. The molecule has 0 bridgehead atoms. The van der Waals surface area contributed by atoms with Crippen LogP contribution in [-0.2, 0) is 4.79 Å². The van der Waals surface area contributed by atoms with Crippen LogP contribution in [0.25, 0.3) is 6.08 Å². The summed E-state index contributed by atoms with van der Waals surface area (Å²) in [5.41, 5.74) is 1.41. The summed E-state index contributed by atoms with van der Waals surface area (Å²) in [6.45, 7) is 0. The van der Waals surface area contributed by atoms with Crippen LogP contribution >= 0.6 is 11.6 Å². The summed E-state index contributed by atoms with van der Waals surface area (Å²) in [6.07, 6.45) is 1.63. The molecule has 1 aliphatic heterocycles. The van der Waals surface area contributed by atoms with E-state index in [1.807, 2.05) is 30.3 Å². The zero-order valence-corrected chi connectivity index (χ0v) is 10.6. The van der Waals surface area contributed by atoms with Gasteiger partial charge in [-0.25, -0.2) is 0 Å². The second-order valence-electron chi connectivity index (χ2n) is 4.08. The molecule has 1 N–H and O–H groups in total. The van der Waals surface area contributed by atoms with Crippen LogP contribution < -0.4 is 10.1 Å². The van der Waals surface area contributed by atoms with E-state index in [4.69, 9.17) is 16.3 Å². The molecule has 3 nitrogen and oxygen atoms in total. The molecule has 1 aliphatic rings. The van der Waals surface area contributed by atoms with Gasteiger partial charge >= 0.3 is 0 Å². The van der Waals surface area contributed by atoms with Gasteiger partial charge in [0.2, 0.25) is 0 Å². The van der Waals surface area contributed by atoms with Crippen LogP contribution in [0.1, 0.15) is 5.56 Å². The lowest BCUT2D eigenvalue weighted by Crippen LogP contribution is -2.23. The van der Waals surface area contributed by atoms with Crippen LogP contribution in [0.4, 0.5) is 5.69 Å². The number of hydrogen-bond donors (Lipinski definition) is 1. The van der Waals surface area contributed by atoms with E-state index in [-0.39, 0.29) is 11.7 Å². The number of para-hydroxylation sites is 2. The van der Waals surface area contributed by atoms with Crippen LogP contribution in [0.3, 0.4) is 0 Å². The van der Waals surface area contributed by atoms with Crippen LogP contribution in [-0.4, -0.2) is 5.91 Å². The molecule has 0 saturated heterocycles.